The summed E-state index contributed by atoms with van der Waals surface area (Å²) in [5.41, 5.74) is -0.414. The van der Waals surface area contributed by atoms with Crippen LogP contribution in [0.1, 0.15) is 25.2 Å². The van der Waals surface area contributed by atoms with Gasteiger partial charge in [-0.1, -0.05) is 48.5 Å². The summed E-state index contributed by atoms with van der Waals surface area (Å²) < 4.78 is 0. The fraction of sp³-hybridized carbons (Fsp3) is 0.222. The summed E-state index contributed by atoms with van der Waals surface area (Å²) in [4.78, 5) is 61.2. The Hall–Kier alpha value is -4.53. The number of imide groups is 1. The molecule has 1 atom stereocenters. The Morgan fingerprint density at radius 1 is 1.00 bits per heavy atom. The number of nitrogens with zero attached hydrogens (tertiary/aromatic N) is 3. The van der Waals surface area contributed by atoms with Gasteiger partial charge in [-0.3, -0.25) is 19.3 Å². The van der Waals surface area contributed by atoms with E-state index in [1.807, 2.05) is 42.5 Å². The van der Waals surface area contributed by atoms with Gasteiger partial charge in [-0.2, -0.15) is 0 Å². The Kier molecular flexibility index (Phi) is 5.75. The molecule has 1 fully saturated rings. The van der Waals surface area contributed by atoms with Gasteiger partial charge in [-0.15, -0.1) is 0 Å². The second-order valence-corrected chi connectivity index (χ2v) is 8.95. The largest absolute Gasteiger partial charge is 0.334 e. The number of carbonyl (C=O) groups is 3. The zero-order chi connectivity index (χ0) is 25.4. The first-order valence-corrected chi connectivity index (χ1v) is 11.7. The number of fused-ring (bicyclic) bond motifs is 2. The van der Waals surface area contributed by atoms with Crippen molar-refractivity contribution in [3.05, 3.63) is 88.5 Å². The van der Waals surface area contributed by atoms with Crippen LogP contribution in [0.2, 0.25) is 0 Å². The monoisotopic (exact) mass is 483 g/mol. The molecule has 182 valence electrons. The molecule has 0 aliphatic carbocycles. The zero-order valence-electron chi connectivity index (χ0n) is 19.9. The number of rotatable bonds is 6. The first kappa shape index (κ1) is 23.2. The number of aromatic amines is 1. The molecule has 1 aliphatic heterocycles. The van der Waals surface area contributed by atoms with E-state index in [1.54, 1.807) is 38.1 Å². The van der Waals surface area contributed by atoms with Gasteiger partial charge < -0.3 is 15.2 Å². The van der Waals surface area contributed by atoms with E-state index in [0.29, 0.717) is 28.8 Å². The third kappa shape index (κ3) is 3.98. The van der Waals surface area contributed by atoms with Gasteiger partial charge in [0.1, 0.15) is 17.9 Å². The number of urea groups is 1. The maximum Gasteiger partial charge on any atom is 0.325 e. The maximum absolute atomic E-state index is 13.4. The molecule has 0 bridgehead atoms. The number of amides is 4. The number of benzene rings is 3. The van der Waals surface area contributed by atoms with Gasteiger partial charge in [-0.25, -0.2) is 9.78 Å². The molecular weight excluding hydrogens is 458 g/mol. The number of hydrogen-bond acceptors (Lipinski definition) is 5. The normalized spacial score (nSPS) is 17.6. The number of aromatic nitrogens is 2. The van der Waals surface area contributed by atoms with Crippen LogP contribution in [0.3, 0.4) is 0 Å². The molecule has 1 saturated heterocycles. The minimum absolute atomic E-state index is 0.0427. The lowest BCUT2D eigenvalue weighted by molar-refractivity contribution is -0.139. The number of likely N-dealkylation sites (N-methyl/N-ethyl adjacent to an activating group) is 1. The van der Waals surface area contributed by atoms with Crippen LogP contribution in [-0.2, 0) is 21.7 Å². The van der Waals surface area contributed by atoms with Gasteiger partial charge in [0.25, 0.3) is 11.5 Å². The number of carbonyl (C=O) groups excluding carboxylic acids is 3. The van der Waals surface area contributed by atoms with Crippen molar-refractivity contribution in [1.29, 1.82) is 0 Å². The van der Waals surface area contributed by atoms with Gasteiger partial charge in [0.15, 0.2) is 0 Å². The molecule has 9 nitrogen and oxygen atoms in total. The first-order chi connectivity index (χ1) is 17.3. The van der Waals surface area contributed by atoms with E-state index in [2.05, 4.69) is 15.3 Å². The van der Waals surface area contributed by atoms with Crippen LogP contribution in [0, 0.1) is 0 Å². The quantitative estimate of drug-likeness (QED) is 0.409. The summed E-state index contributed by atoms with van der Waals surface area (Å²) in [5.74, 6) is -0.601. The molecule has 1 aromatic heterocycles. The summed E-state index contributed by atoms with van der Waals surface area (Å²) in [5, 5.41) is 5.19. The minimum atomic E-state index is -1.29. The lowest BCUT2D eigenvalue weighted by Crippen LogP contribution is -2.44. The van der Waals surface area contributed by atoms with E-state index in [9.17, 15) is 19.2 Å². The highest BCUT2D eigenvalue weighted by Crippen LogP contribution is 2.31. The summed E-state index contributed by atoms with van der Waals surface area (Å²) in [6, 6.07) is 19.7. The second-order valence-electron chi connectivity index (χ2n) is 8.95. The summed E-state index contributed by atoms with van der Waals surface area (Å²) in [6.07, 6.45) is 0. The highest BCUT2D eigenvalue weighted by molar-refractivity contribution is 6.09. The fourth-order valence-electron chi connectivity index (χ4n) is 4.54. The highest BCUT2D eigenvalue weighted by Gasteiger charge is 2.49. The third-order valence-electron chi connectivity index (χ3n) is 6.63. The molecule has 2 heterocycles. The Morgan fingerprint density at radius 2 is 1.72 bits per heavy atom. The zero-order valence-corrected chi connectivity index (χ0v) is 19.9. The van der Waals surface area contributed by atoms with E-state index >= 15 is 0 Å². The van der Waals surface area contributed by atoms with Gasteiger partial charge in [0.05, 0.1) is 17.4 Å². The van der Waals surface area contributed by atoms with Gasteiger partial charge in [-0.05, 0) is 48.4 Å². The van der Waals surface area contributed by atoms with Crippen molar-refractivity contribution in [3.63, 3.8) is 0 Å². The summed E-state index contributed by atoms with van der Waals surface area (Å²) in [6.45, 7) is 3.35. The predicted octanol–water partition coefficient (Wildman–Crippen LogP) is 2.89. The predicted molar refractivity (Wildman–Crippen MR) is 135 cm³/mol. The smallest absolute Gasteiger partial charge is 0.325 e. The van der Waals surface area contributed by atoms with Gasteiger partial charge in [0, 0.05) is 6.54 Å². The highest BCUT2D eigenvalue weighted by atomic mass is 16.2. The number of para-hydroxylation sites is 1. The number of hydrogen-bond donors (Lipinski definition) is 2. The molecule has 0 saturated carbocycles. The van der Waals surface area contributed by atoms with Crippen LogP contribution >= 0.6 is 0 Å². The van der Waals surface area contributed by atoms with E-state index in [1.165, 1.54) is 4.90 Å². The van der Waals surface area contributed by atoms with Crippen LogP contribution in [0.15, 0.2) is 71.5 Å². The maximum atomic E-state index is 13.4. The van der Waals surface area contributed by atoms with E-state index in [4.69, 9.17) is 0 Å². The molecule has 3 aromatic carbocycles. The van der Waals surface area contributed by atoms with Crippen LogP contribution < -0.4 is 10.9 Å². The van der Waals surface area contributed by atoms with Gasteiger partial charge in [0.2, 0.25) is 5.91 Å². The van der Waals surface area contributed by atoms with Crippen molar-refractivity contribution in [1.82, 2.24) is 25.1 Å². The van der Waals surface area contributed by atoms with Crippen molar-refractivity contribution in [2.45, 2.75) is 25.9 Å². The molecule has 5 rings (SSSR count). The van der Waals surface area contributed by atoms with E-state index in [-0.39, 0.29) is 12.1 Å². The van der Waals surface area contributed by atoms with E-state index in [0.717, 1.165) is 15.7 Å². The summed E-state index contributed by atoms with van der Waals surface area (Å²) in [7, 11) is 0. The molecule has 1 aliphatic rings. The Morgan fingerprint density at radius 3 is 2.50 bits per heavy atom. The van der Waals surface area contributed by atoms with E-state index < -0.39 is 29.9 Å². The average Bonchev–Trinajstić information content (AvgIpc) is 3.10. The molecule has 0 spiro atoms. The van der Waals surface area contributed by atoms with Crippen molar-refractivity contribution < 1.29 is 14.4 Å². The molecule has 0 unspecified atom stereocenters. The van der Waals surface area contributed by atoms with Crippen molar-refractivity contribution in [2.24, 2.45) is 0 Å². The second kappa shape index (κ2) is 8.92. The lowest BCUT2D eigenvalue weighted by atomic mass is 9.90. The molecule has 2 N–H and O–H groups in total. The molecule has 4 amide bonds. The topological polar surface area (TPSA) is 115 Å². The van der Waals surface area contributed by atoms with Crippen LogP contribution in [0.25, 0.3) is 21.7 Å². The van der Waals surface area contributed by atoms with Crippen molar-refractivity contribution >= 4 is 39.5 Å². The Bertz CT molecular complexity index is 1580. The first-order valence-electron chi connectivity index (χ1n) is 11.7. The Labute approximate surface area is 206 Å². The fourth-order valence-corrected chi connectivity index (χ4v) is 4.54. The number of H-pyrrole nitrogens is 1. The van der Waals surface area contributed by atoms with Crippen molar-refractivity contribution in [3.8, 4) is 0 Å². The molecule has 0 radical (unpaired) electrons. The molecule has 4 aromatic rings. The summed E-state index contributed by atoms with van der Waals surface area (Å²) >= 11 is 0. The SMILES string of the molecule is CCN(Cc1nc2ccccc2c(=O)[nH]1)C(=O)CN1C(=O)N[C@](C)(c2ccc3ccccc3c2)C1=O. The van der Waals surface area contributed by atoms with Crippen LogP contribution in [0.5, 0.6) is 0 Å². The molecule has 36 heavy (non-hydrogen) atoms. The lowest BCUT2D eigenvalue weighted by Gasteiger charge is -2.24. The molecular formula is C27H25N5O4. The third-order valence-corrected chi connectivity index (χ3v) is 6.63. The average molecular weight is 484 g/mol. The van der Waals surface area contributed by atoms with Gasteiger partial charge >= 0.3 is 6.03 Å². The van der Waals surface area contributed by atoms with Crippen molar-refractivity contribution in [2.75, 3.05) is 13.1 Å². The standard InChI is InChI=1S/C27H25N5O4/c1-3-31(15-22-28-21-11-7-6-10-20(21)24(34)29-22)23(33)16-32-25(35)27(2,30-26(32)36)19-13-12-17-8-4-5-9-18(17)14-19/h4-14H,3,15-16H2,1-2H3,(H,30,36)(H,28,29,34)/t27-/m1/s1. The number of nitrogens with one attached hydrogen (secondary N) is 2. The minimum Gasteiger partial charge on any atom is -0.334 e. The van der Waals surface area contributed by atoms with Crippen LogP contribution in [0.4, 0.5) is 4.79 Å². The Balaban J connectivity index is 1.35. The molecule has 9 heteroatoms. The van der Waals surface area contributed by atoms with Crippen LogP contribution in [-0.4, -0.2) is 50.7 Å².